The second-order valence-corrected chi connectivity index (χ2v) is 10.9. The Bertz CT molecular complexity index is 1410. The highest BCUT2D eigenvalue weighted by Crippen LogP contribution is 2.31. The Morgan fingerprint density at radius 1 is 1.03 bits per heavy atom. The first-order valence-corrected chi connectivity index (χ1v) is 14.6. The predicted octanol–water partition coefficient (Wildman–Crippen LogP) is 4.31. The average molecular weight is 556 g/mol. The third-order valence-corrected chi connectivity index (χ3v) is 8.21. The van der Waals surface area contributed by atoms with Gasteiger partial charge in [0.05, 0.1) is 22.9 Å². The minimum Gasteiger partial charge on any atom is -0.494 e. The number of hydrogen-bond donors (Lipinski definition) is 1. The van der Waals surface area contributed by atoms with E-state index in [9.17, 15) is 13.2 Å². The van der Waals surface area contributed by atoms with Crippen LogP contribution in [-0.4, -0.2) is 52.7 Å². The smallest absolute Gasteiger partial charge is 0.264 e. The van der Waals surface area contributed by atoms with Gasteiger partial charge in [0.1, 0.15) is 25.5 Å². The summed E-state index contributed by atoms with van der Waals surface area (Å²) in [5, 5.41) is 4.18. The number of nitrogens with one attached hydrogen (secondary N) is 1. The number of benzene rings is 3. The van der Waals surface area contributed by atoms with Crippen LogP contribution in [0.15, 0.2) is 81.6 Å². The minimum absolute atomic E-state index is 0.0768. The van der Waals surface area contributed by atoms with Crippen molar-refractivity contribution in [3.05, 3.63) is 72.3 Å². The van der Waals surface area contributed by atoms with Crippen molar-refractivity contribution in [2.75, 3.05) is 36.9 Å². The summed E-state index contributed by atoms with van der Waals surface area (Å²) in [6, 6.07) is 18.5. The van der Waals surface area contributed by atoms with Crippen LogP contribution in [0.25, 0.3) is 0 Å². The molecule has 1 N–H and O–H groups in total. The van der Waals surface area contributed by atoms with Crippen LogP contribution in [0.1, 0.15) is 19.4 Å². The fraction of sp³-hybridized carbons (Fsp3) is 0.259. The number of thioether (sulfide) groups is 1. The molecule has 38 heavy (non-hydrogen) atoms. The van der Waals surface area contributed by atoms with Crippen LogP contribution in [0.4, 0.5) is 5.69 Å². The fourth-order valence-electron chi connectivity index (χ4n) is 3.71. The third kappa shape index (κ3) is 6.40. The van der Waals surface area contributed by atoms with Crippen LogP contribution in [-0.2, 0) is 14.8 Å². The second kappa shape index (κ2) is 12.2. The molecule has 0 radical (unpaired) electrons. The van der Waals surface area contributed by atoms with Gasteiger partial charge < -0.3 is 14.2 Å². The van der Waals surface area contributed by atoms with Crippen molar-refractivity contribution in [1.29, 1.82) is 0 Å². The average Bonchev–Trinajstić information content (AvgIpc) is 2.95. The lowest BCUT2D eigenvalue weighted by Gasteiger charge is -2.24. The maximum absolute atomic E-state index is 13.6. The molecular formula is C27H29N3O6S2. The zero-order chi connectivity index (χ0) is 27.1. The van der Waals surface area contributed by atoms with Crippen LogP contribution >= 0.6 is 11.8 Å². The summed E-state index contributed by atoms with van der Waals surface area (Å²) in [6.45, 7) is 4.55. The van der Waals surface area contributed by atoms with E-state index >= 15 is 0 Å². The fourth-order valence-corrected chi connectivity index (χ4v) is 5.54. The maximum atomic E-state index is 13.6. The van der Waals surface area contributed by atoms with Gasteiger partial charge in [-0.05, 0) is 86.8 Å². The summed E-state index contributed by atoms with van der Waals surface area (Å²) in [6.07, 6.45) is 1.91. The number of carbonyl (C=O) groups excluding carboxylic acids is 1. The summed E-state index contributed by atoms with van der Waals surface area (Å²) in [5.41, 5.74) is 4.06. The summed E-state index contributed by atoms with van der Waals surface area (Å²) in [5.74, 6) is 1.26. The molecule has 1 amide bonds. The number of sulfonamides is 1. The molecular weight excluding hydrogens is 526 g/mol. The van der Waals surface area contributed by atoms with Gasteiger partial charge in [0.25, 0.3) is 15.9 Å². The third-order valence-electron chi connectivity index (χ3n) is 5.68. The Morgan fingerprint density at radius 3 is 2.37 bits per heavy atom. The molecule has 0 bridgehead atoms. The molecule has 11 heteroatoms. The zero-order valence-corrected chi connectivity index (χ0v) is 23.0. The summed E-state index contributed by atoms with van der Waals surface area (Å²) in [4.78, 5) is 14.0. The van der Waals surface area contributed by atoms with Crippen molar-refractivity contribution < 1.29 is 27.4 Å². The van der Waals surface area contributed by atoms with E-state index in [0.717, 1.165) is 14.8 Å². The number of rotatable bonds is 10. The van der Waals surface area contributed by atoms with Crippen LogP contribution in [0.5, 0.6) is 17.2 Å². The first-order chi connectivity index (χ1) is 18.3. The summed E-state index contributed by atoms with van der Waals surface area (Å²) >= 11 is 1.51. The first-order valence-electron chi connectivity index (χ1n) is 11.9. The standard InChI is InChI=1S/C27H29N3O6S2/c1-4-34-22-8-6-21(7-9-22)30(38(32,33)24-12-10-23(37-3)11-13-24)18-27(31)29-28-19(2)20-5-14-25-26(17-20)36-16-15-35-25/h5-14,17H,4,15-16,18H2,1-3H3,(H,29,31)/b28-19-. The van der Waals surface area contributed by atoms with Gasteiger partial charge in [-0.3, -0.25) is 9.10 Å². The number of nitrogens with zero attached hydrogens (tertiary/aromatic N) is 2. The summed E-state index contributed by atoms with van der Waals surface area (Å²) in [7, 11) is -4.06. The van der Waals surface area contributed by atoms with E-state index in [4.69, 9.17) is 14.2 Å². The number of hydrogen-bond acceptors (Lipinski definition) is 8. The Balaban J connectivity index is 1.56. The van der Waals surface area contributed by atoms with Crippen molar-refractivity contribution in [1.82, 2.24) is 5.43 Å². The van der Waals surface area contributed by atoms with Gasteiger partial charge in [0.2, 0.25) is 0 Å². The van der Waals surface area contributed by atoms with E-state index in [1.165, 1.54) is 23.9 Å². The van der Waals surface area contributed by atoms with Crippen LogP contribution in [0.2, 0.25) is 0 Å². The molecule has 0 unspecified atom stereocenters. The molecule has 3 aromatic rings. The molecule has 1 aliphatic rings. The first kappa shape index (κ1) is 27.3. The van der Waals surface area contributed by atoms with E-state index < -0.39 is 22.5 Å². The molecule has 3 aromatic carbocycles. The molecule has 1 heterocycles. The van der Waals surface area contributed by atoms with Crippen LogP contribution in [0, 0.1) is 0 Å². The van der Waals surface area contributed by atoms with Gasteiger partial charge in [-0.2, -0.15) is 5.10 Å². The van der Waals surface area contributed by atoms with Gasteiger partial charge in [-0.15, -0.1) is 11.8 Å². The molecule has 0 spiro atoms. The Hall–Kier alpha value is -3.70. The highest BCUT2D eigenvalue weighted by molar-refractivity contribution is 7.98. The molecule has 200 valence electrons. The van der Waals surface area contributed by atoms with Gasteiger partial charge in [0, 0.05) is 10.5 Å². The monoisotopic (exact) mass is 555 g/mol. The Morgan fingerprint density at radius 2 is 1.71 bits per heavy atom. The van der Waals surface area contributed by atoms with E-state index in [1.807, 2.05) is 19.2 Å². The Labute approximate surface area is 226 Å². The molecule has 1 aliphatic heterocycles. The summed E-state index contributed by atoms with van der Waals surface area (Å²) < 4.78 is 44.9. The number of anilines is 1. The highest BCUT2D eigenvalue weighted by atomic mass is 32.2. The SMILES string of the molecule is CCOc1ccc(N(CC(=O)N/N=C(/C)c2ccc3c(c2)OCCO3)S(=O)(=O)c2ccc(SC)cc2)cc1. The second-order valence-electron chi connectivity index (χ2n) is 8.20. The molecule has 9 nitrogen and oxygen atoms in total. The molecule has 0 aliphatic carbocycles. The normalized spacial score (nSPS) is 13.1. The van der Waals surface area contributed by atoms with Crippen LogP contribution in [0.3, 0.4) is 0 Å². The lowest BCUT2D eigenvalue weighted by atomic mass is 10.1. The molecule has 0 aromatic heterocycles. The molecule has 0 saturated carbocycles. The minimum atomic E-state index is -4.06. The lowest BCUT2D eigenvalue weighted by Crippen LogP contribution is -2.39. The molecule has 0 atom stereocenters. The van der Waals surface area contributed by atoms with Crippen molar-refractivity contribution >= 4 is 39.1 Å². The molecule has 0 saturated heterocycles. The lowest BCUT2D eigenvalue weighted by molar-refractivity contribution is -0.119. The highest BCUT2D eigenvalue weighted by Gasteiger charge is 2.27. The zero-order valence-electron chi connectivity index (χ0n) is 21.3. The van der Waals surface area contributed by atoms with Crippen molar-refractivity contribution in [3.8, 4) is 17.2 Å². The number of amides is 1. The van der Waals surface area contributed by atoms with Gasteiger partial charge >= 0.3 is 0 Å². The Kier molecular flexibility index (Phi) is 8.80. The van der Waals surface area contributed by atoms with Crippen molar-refractivity contribution in [2.45, 2.75) is 23.6 Å². The van der Waals surface area contributed by atoms with E-state index in [1.54, 1.807) is 55.5 Å². The van der Waals surface area contributed by atoms with E-state index in [2.05, 4.69) is 10.5 Å². The maximum Gasteiger partial charge on any atom is 0.264 e. The number of ether oxygens (including phenoxy) is 3. The van der Waals surface area contributed by atoms with Gasteiger partial charge in [-0.25, -0.2) is 13.8 Å². The predicted molar refractivity (Wildman–Crippen MR) is 148 cm³/mol. The van der Waals surface area contributed by atoms with Crippen molar-refractivity contribution in [2.24, 2.45) is 5.10 Å². The van der Waals surface area contributed by atoms with E-state index in [0.29, 0.717) is 48.5 Å². The molecule has 0 fully saturated rings. The van der Waals surface area contributed by atoms with Crippen molar-refractivity contribution in [3.63, 3.8) is 0 Å². The van der Waals surface area contributed by atoms with Gasteiger partial charge in [0.15, 0.2) is 11.5 Å². The number of carbonyl (C=O) groups is 1. The van der Waals surface area contributed by atoms with Gasteiger partial charge in [-0.1, -0.05) is 0 Å². The van der Waals surface area contributed by atoms with E-state index in [-0.39, 0.29) is 4.90 Å². The number of hydrazone groups is 1. The largest absolute Gasteiger partial charge is 0.494 e. The number of fused-ring (bicyclic) bond motifs is 1. The molecule has 4 rings (SSSR count). The topological polar surface area (TPSA) is 107 Å². The quantitative estimate of drug-likeness (QED) is 0.226. The van der Waals surface area contributed by atoms with Crippen LogP contribution < -0.4 is 23.9 Å².